The fraction of sp³-hybridized carbons (Fsp3) is 0.355. The largest absolute Gasteiger partial charge is 0.497 e. The summed E-state index contributed by atoms with van der Waals surface area (Å²) in [6, 6.07) is 15.4. The molecule has 0 fully saturated rings. The number of anilines is 1. The lowest BCUT2D eigenvalue weighted by atomic mass is 10.1. The number of carbonyl (C=O) groups excluding carboxylic acids is 2. The quantitative estimate of drug-likeness (QED) is 0.271. The van der Waals surface area contributed by atoms with Crippen molar-refractivity contribution in [3.8, 4) is 5.75 Å². The lowest BCUT2D eigenvalue weighted by Gasteiger charge is -2.33. The third-order valence-corrected chi connectivity index (χ3v) is 8.58. The van der Waals surface area contributed by atoms with Gasteiger partial charge < -0.3 is 15.0 Å². The minimum Gasteiger partial charge on any atom is -0.497 e. The zero-order valence-electron chi connectivity index (χ0n) is 24.5. The molecule has 0 heterocycles. The van der Waals surface area contributed by atoms with Crippen molar-refractivity contribution in [2.45, 2.75) is 57.3 Å². The van der Waals surface area contributed by atoms with Crippen LogP contribution in [0.5, 0.6) is 5.75 Å². The fourth-order valence-electron chi connectivity index (χ4n) is 4.42. The number of nitrogens with one attached hydrogen (secondary N) is 1. The molecule has 1 N–H and O–H groups in total. The number of sulfonamides is 1. The first-order valence-corrected chi connectivity index (χ1v) is 15.2. The minimum atomic E-state index is -4.75. The fourth-order valence-corrected chi connectivity index (χ4v) is 5.82. The van der Waals surface area contributed by atoms with Crippen LogP contribution in [0.3, 0.4) is 0 Å². The van der Waals surface area contributed by atoms with Crippen LogP contribution in [0.25, 0.3) is 0 Å². The van der Waals surface area contributed by atoms with E-state index in [2.05, 4.69) is 5.32 Å². The van der Waals surface area contributed by atoms with E-state index in [0.29, 0.717) is 34.7 Å². The molecule has 0 radical (unpaired) electrons. The normalized spacial score (nSPS) is 12.3. The second kappa shape index (κ2) is 14.4. The van der Waals surface area contributed by atoms with Crippen LogP contribution in [0.4, 0.5) is 18.9 Å². The van der Waals surface area contributed by atoms with E-state index < -0.39 is 46.2 Å². The van der Waals surface area contributed by atoms with E-state index in [1.807, 2.05) is 6.92 Å². The molecule has 0 aliphatic rings. The maximum absolute atomic E-state index is 14.0. The molecule has 0 aliphatic carbocycles. The topological polar surface area (TPSA) is 96.0 Å². The Labute approximate surface area is 250 Å². The number of amides is 2. The Bertz CT molecular complexity index is 1490. The van der Waals surface area contributed by atoms with Gasteiger partial charge in [0.15, 0.2) is 0 Å². The summed E-state index contributed by atoms with van der Waals surface area (Å²) in [6.45, 7) is 4.84. The molecule has 0 aliphatic heterocycles. The molecule has 232 valence electrons. The average Bonchev–Trinajstić information content (AvgIpc) is 2.98. The summed E-state index contributed by atoms with van der Waals surface area (Å²) in [5, 5.41) is 2.78. The van der Waals surface area contributed by atoms with Crippen LogP contribution < -0.4 is 14.4 Å². The third-order valence-electron chi connectivity index (χ3n) is 6.80. The number of alkyl halides is 3. The smallest absolute Gasteiger partial charge is 0.416 e. The molecule has 8 nitrogen and oxygen atoms in total. The van der Waals surface area contributed by atoms with Gasteiger partial charge in [-0.1, -0.05) is 49.7 Å². The summed E-state index contributed by atoms with van der Waals surface area (Å²) in [7, 11) is -3.00. The van der Waals surface area contributed by atoms with E-state index >= 15 is 0 Å². The van der Waals surface area contributed by atoms with E-state index in [-0.39, 0.29) is 23.5 Å². The summed E-state index contributed by atoms with van der Waals surface area (Å²) in [6.07, 6.45) is -3.87. The van der Waals surface area contributed by atoms with E-state index in [1.54, 1.807) is 50.2 Å². The van der Waals surface area contributed by atoms with Crippen molar-refractivity contribution in [3.05, 3.63) is 89.5 Å². The zero-order chi connectivity index (χ0) is 31.8. The van der Waals surface area contributed by atoms with Gasteiger partial charge in [0.1, 0.15) is 18.3 Å². The number of ether oxygens (including phenoxy) is 1. The SMILES string of the molecule is CCCNC(=O)[C@H](CC)N(Cc1ccc(OC)cc1)C(=O)CN(c1cccc(C(F)(F)F)c1)S(=O)(=O)c1ccc(C)cc1. The Balaban J connectivity index is 2.10. The predicted molar refractivity (Wildman–Crippen MR) is 158 cm³/mol. The van der Waals surface area contributed by atoms with Crippen molar-refractivity contribution in [1.29, 1.82) is 0 Å². The van der Waals surface area contributed by atoms with E-state index in [4.69, 9.17) is 4.74 Å². The highest BCUT2D eigenvalue weighted by Crippen LogP contribution is 2.33. The molecule has 0 unspecified atom stereocenters. The molecule has 43 heavy (non-hydrogen) atoms. The van der Waals surface area contributed by atoms with Crippen LogP contribution in [-0.2, 0) is 32.3 Å². The number of rotatable bonds is 13. The molecule has 0 bridgehead atoms. The molecule has 3 aromatic carbocycles. The summed E-state index contributed by atoms with van der Waals surface area (Å²) >= 11 is 0. The minimum absolute atomic E-state index is 0.0537. The Hall–Kier alpha value is -4.06. The lowest BCUT2D eigenvalue weighted by molar-refractivity contribution is -0.140. The van der Waals surface area contributed by atoms with Gasteiger partial charge in [-0.05, 0) is 67.8 Å². The average molecular weight is 620 g/mol. The number of aryl methyl sites for hydroxylation is 1. The molecule has 1 atom stereocenters. The summed E-state index contributed by atoms with van der Waals surface area (Å²) in [4.78, 5) is 28.3. The molecule has 2 amide bonds. The maximum Gasteiger partial charge on any atom is 0.416 e. The highest BCUT2D eigenvalue weighted by atomic mass is 32.2. The number of hydrogen-bond donors (Lipinski definition) is 1. The van der Waals surface area contributed by atoms with Gasteiger partial charge >= 0.3 is 6.18 Å². The Morgan fingerprint density at radius 2 is 1.63 bits per heavy atom. The molecule has 0 spiro atoms. The first-order chi connectivity index (χ1) is 20.3. The summed E-state index contributed by atoms with van der Waals surface area (Å²) < 4.78 is 74.5. The second-order valence-electron chi connectivity index (χ2n) is 9.96. The van der Waals surface area contributed by atoms with Crippen LogP contribution in [0.2, 0.25) is 0 Å². The zero-order valence-corrected chi connectivity index (χ0v) is 25.3. The van der Waals surface area contributed by atoms with Crippen LogP contribution >= 0.6 is 0 Å². The lowest BCUT2D eigenvalue weighted by Crippen LogP contribution is -2.52. The van der Waals surface area contributed by atoms with Gasteiger partial charge in [0.2, 0.25) is 11.8 Å². The molecular formula is C31H36F3N3O5S. The van der Waals surface area contributed by atoms with Gasteiger partial charge in [0, 0.05) is 13.1 Å². The van der Waals surface area contributed by atoms with Gasteiger partial charge in [-0.15, -0.1) is 0 Å². The van der Waals surface area contributed by atoms with E-state index in [1.165, 1.54) is 30.2 Å². The molecule has 3 rings (SSSR count). The van der Waals surface area contributed by atoms with Crippen LogP contribution in [-0.4, -0.2) is 51.4 Å². The molecular weight excluding hydrogens is 583 g/mol. The van der Waals surface area contributed by atoms with Gasteiger partial charge in [-0.25, -0.2) is 8.42 Å². The van der Waals surface area contributed by atoms with E-state index in [0.717, 1.165) is 17.7 Å². The van der Waals surface area contributed by atoms with Crippen molar-refractivity contribution in [2.75, 3.05) is 24.5 Å². The Morgan fingerprint density at radius 1 is 0.977 bits per heavy atom. The van der Waals surface area contributed by atoms with Crippen molar-refractivity contribution in [2.24, 2.45) is 0 Å². The first kappa shape index (κ1) is 33.4. The maximum atomic E-state index is 14.0. The van der Waals surface area contributed by atoms with Gasteiger partial charge in [0.25, 0.3) is 10.0 Å². The number of benzene rings is 3. The molecule has 0 saturated heterocycles. The number of carbonyl (C=O) groups is 2. The molecule has 0 aromatic heterocycles. The second-order valence-corrected chi connectivity index (χ2v) is 11.8. The van der Waals surface area contributed by atoms with Crippen molar-refractivity contribution in [1.82, 2.24) is 10.2 Å². The number of halogens is 3. The van der Waals surface area contributed by atoms with Crippen molar-refractivity contribution in [3.63, 3.8) is 0 Å². The van der Waals surface area contributed by atoms with E-state index in [9.17, 15) is 31.2 Å². The van der Waals surface area contributed by atoms with Crippen LogP contribution in [0.15, 0.2) is 77.7 Å². The predicted octanol–water partition coefficient (Wildman–Crippen LogP) is 5.55. The molecule has 12 heteroatoms. The highest BCUT2D eigenvalue weighted by Gasteiger charge is 2.36. The summed E-state index contributed by atoms with van der Waals surface area (Å²) in [5.74, 6) is -0.602. The molecule has 3 aromatic rings. The summed E-state index contributed by atoms with van der Waals surface area (Å²) in [5.41, 5.74) is 0.0109. The van der Waals surface area contributed by atoms with Gasteiger partial charge in [-0.3, -0.25) is 13.9 Å². The standard InChI is InChI=1S/C31H36F3N3O5S/c1-5-18-35-30(39)28(6-2)36(20-23-12-14-26(42-4)15-13-23)29(38)21-37(25-9-7-8-24(19-25)31(32,33)34)43(40,41)27-16-10-22(3)11-17-27/h7-17,19,28H,5-6,18,20-21H2,1-4H3,(H,35,39)/t28-/m0/s1. The highest BCUT2D eigenvalue weighted by molar-refractivity contribution is 7.92. The molecule has 0 saturated carbocycles. The van der Waals surface area contributed by atoms with Crippen LogP contribution in [0.1, 0.15) is 43.4 Å². The third kappa shape index (κ3) is 8.50. The van der Waals surface area contributed by atoms with Crippen molar-refractivity contribution < 1.29 is 35.9 Å². The number of hydrogen-bond acceptors (Lipinski definition) is 5. The van der Waals surface area contributed by atoms with Crippen LogP contribution in [0, 0.1) is 6.92 Å². The number of nitrogens with zero attached hydrogens (tertiary/aromatic N) is 2. The van der Waals surface area contributed by atoms with Gasteiger partial charge in [0.05, 0.1) is 23.3 Å². The van der Waals surface area contributed by atoms with Crippen molar-refractivity contribution >= 4 is 27.5 Å². The Kier molecular flexibility index (Phi) is 11.2. The number of methoxy groups -OCH3 is 1. The first-order valence-electron chi connectivity index (χ1n) is 13.8. The Morgan fingerprint density at radius 3 is 2.19 bits per heavy atom. The monoisotopic (exact) mass is 619 g/mol. The van der Waals surface area contributed by atoms with Gasteiger partial charge in [-0.2, -0.15) is 13.2 Å².